The molecule has 2 rings (SSSR count). The Hall–Kier alpha value is -1.04. The van der Waals surface area contributed by atoms with E-state index < -0.39 is 5.60 Å². The first-order valence-electron chi connectivity index (χ1n) is 7.70. The molecule has 0 aromatic heterocycles. The second-order valence-electron chi connectivity index (χ2n) is 6.60. The van der Waals surface area contributed by atoms with E-state index in [0.717, 1.165) is 23.5 Å². The second kappa shape index (κ2) is 7.02. The molecule has 0 radical (unpaired) electrons. The van der Waals surface area contributed by atoms with Crippen LogP contribution in [0, 0.1) is 0 Å². The van der Waals surface area contributed by atoms with Crippen LogP contribution in [0.2, 0.25) is 0 Å². The molecule has 1 aliphatic rings. The SMILES string of the molecule is CSc1ccccc1C(=O)N1CCN(CC(C)(C)O)CC1C. The fourth-order valence-electron chi connectivity index (χ4n) is 3.00. The van der Waals surface area contributed by atoms with Crippen molar-refractivity contribution in [1.29, 1.82) is 0 Å². The van der Waals surface area contributed by atoms with Gasteiger partial charge < -0.3 is 10.0 Å². The van der Waals surface area contributed by atoms with Gasteiger partial charge in [-0.05, 0) is 39.2 Å². The molecule has 0 spiro atoms. The van der Waals surface area contributed by atoms with Crippen LogP contribution in [-0.4, -0.2) is 64.9 Å². The molecule has 1 N–H and O–H groups in total. The number of nitrogens with zero attached hydrogens (tertiary/aromatic N) is 2. The molecule has 1 heterocycles. The van der Waals surface area contributed by atoms with Gasteiger partial charge in [-0.15, -0.1) is 11.8 Å². The lowest BCUT2D eigenvalue weighted by atomic mass is 10.1. The highest BCUT2D eigenvalue weighted by atomic mass is 32.2. The van der Waals surface area contributed by atoms with Crippen molar-refractivity contribution in [3.05, 3.63) is 29.8 Å². The van der Waals surface area contributed by atoms with Gasteiger partial charge in [-0.1, -0.05) is 12.1 Å². The maximum absolute atomic E-state index is 12.8. The largest absolute Gasteiger partial charge is 0.389 e. The van der Waals surface area contributed by atoms with E-state index in [0.29, 0.717) is 13.1 Å². The zero-order valence-electron chi connectivity index (χ0n) is 13.9. The van der Waals surface area contributed by atoms with Crippen LogP contribution in [0.1, 0.15) is 31.1 Å². The van der Waals surface area contributed by atoms with E-state index >= 15 is 0 Å². The predicted molar refractivity (Wildman–Crippen MR) is 91.5 cm³/mol. The third kappa shape index (κ3) is 4.24. The molecular weight excluding hydrogens is 296 g/mol. The number of carbonyl (C=O) groups is 1. The normalized spacial score (nSPS) is 20.2. The highest BCUT2D eigenvalue weighted by Crippen LogP contribution is 2.23. The van der Waals surface area contributed by atoms with Crippen molar-refractivity contribution in [2.75, 3.05) is 32.4 Å². The van der Waals surface area contributed by atoms with E-state index in [1.54, 1.807) is 11.8 Å². The lowest BCUT2D eigenvalue weighted by Crippen LogP contribution is -2.56. The summed E-state index contributed by atoms with van der Waals surface area (Å²) in [7, 11) is 0. The molecule has 0 bridgehead atoms. The standard InChI is InChI=1S/C17H26N2O2S/c1-13-11-18(12-17(2,3)21)9-10-19(13)16(20)14-7-5-6-8-15(14)22-4/h5-8,13,21H,9-12H2,1-4H3. The maximum atomic E-state index is 12.8. The van der Waals surface area contributed by atoms with Crippen LogP contribution < -0.4 is 0 Å². The molecule has 1 saturated heterocycles. The highest BCUT2D eigenvalue weighted by molar-refractivity contribution is 7.98. The molecule has 122 valence electrons. The minimum Gasteiger partial charge on any atom is -0.389 e. The minimum atomic E-state index is -0.697. The van der Waals surface area contributed by atoms with Gasteiger partial charge in [0.1, 0.15) is 0 Å². The Labute approximate surface area is 137 Å². The van der Waals surface area contributed by atoms with Crippen molar-refractivity contribution in [2.45, 2.75) is 37.3 Å². The third-order valence-electron chi connectivity index (χ3n) is 3.92. The summed E-state index contributed by atoms with van der Waals surface area (Å²) in [5.41, 5.74) is 0.0925. The van der Waals surface area contributed by atoms with E-state index in [4.69, 9.17) is 0 Å². The monoisotopic (exact) mass is 322 g/mol. The molecule has 22 heavy (non-hydrogen) atoms. The number of hydrogen-bond donors (Lipinski definition) is 1. The van der Waals surface area contributed by atoms with Crippen molar-refractivity contribution in [1.82, 2.24) is 9.80 Å². The molecule has 1 unspecified atom stereocenters. The van der Waals surface area contributed by atoms with Crippen LogP contribution >= 0.6 is 11.8 Å². The van der Waals surface area contributed by atoms with Crippen LogP contribution in [0.3, 0.4) is 0 Å². The lowest BCUT2D eigenvalue weighted by Gasteiger charge is -2.41. The van der Waals surface area contributed by atoms with Crippen LogP contribution in [0.5, 0.6) is 0 Å². The molecule has 1 fully saturated rings. The average molecular weight is 322 g/mol. The summed E-state index contributed by atoms with van der Waals surface area (Å²) in [6.45, 7) is 8.68. The Morgan fingerprint density at radius 1 is 1.36 bits per heavy atom. The van der Waals surface area contributed by atoms with Gasteiger partial charge in [0.2, 0.25) is 0 Å². The Morgan fingerprint density at radius 3 is 2.64 bits per heavy atom. The van der Waals surface area contributed by atoms with E-state index in [1.165, 1.54) is 0 Å². The topological polar surface area (TPSA) is 43.8 Å². The average Bonchev–Trinajstić information content (AvgIpc) is 2.45. The van der Waals surface area contributed by atoms with Crippen molar-refractivity contribution in [3.8, 4) is 0 Å². The van der Waals surface area contributed by atoms with Crippen molar-refractivity contribution >= 4 is 17.7 Å². The van der Waals surface area contributed by atoms with Crippen molar-refractivity contribution in [3.63, 3.8) is 0 Å². The Balaban J connectivity index is 2.07. The number of β-amino-alcohol motifs (C(OH)–C–C–N with tert-alkyl or cyclic N) is 1. The maximum Gasteiger partial charge on any atom is 0.255 e. The van der Waals surface area contributed by atoms with Gasteiger partial charge in [0.05, 0.1) is 11.2 Å². The Bertz CT molecular complexity index is 528. The molecule has 1 aromatic rings. The van der Waals surface area contributed by atoms with Crippen LogP contribution in [0.4, 0.5) is 0 Å². The summed E-state index contributed by atoms with van der Waals surface area (Å²) in [6, 6.07) is 7.94. The number of thioether (sulfide) groups is 1. The molecule has 1 aromatic carbocycles. The van der Waals surface area contributed by atoms with Gasteiger partial charge in [-0.25, -0.2) is 0 Å². The van der Waals surface area contributed by atoms with E-state index in [9.17, 15) is 9.90 Å². The number of hydrogen-bond acceptors (Lipinski definition) is 4. The molecule has 4 nitrogen and oxygen atoms in total. The zero-order chi connectivity index (χ0) is 16.3. The van der Waals surface area contributed by atoms with E-state index in [-0.39, 0.29) is 11.9 Å². The second-order valence-corrected chi connectivity index (χ2v) is 7.44. The third-order valence-corrected chi connectivity index (χ3v) is 4.72. The molecule has 5 heteroatoms. The van der Waals surface area contributed by atoms with Crippen LogP contribution in [-0.2, 0) is 0 Å². The fraction of sp³-hybridized carbons (Fsp3) is 0.588. The van der Waals surface area contributed by atoms with Gasteiger partial charge in [0.15, 0.2) is 0 Å². The van der Waals surface area contributed by atoms with Gasteiger partial charge in [-0.3, -0.25) is 9.69 Å². The quantitative estimate of drug-likeness (QED) is 0.864. The number of benzene rings is 1. The molecule has 0 saturated carbocycles. The van der Waals surface area contributed by atoms with E-state index in [2.05, 4.69) is 11.8 Å². The van der Waals surface area contributed by atoms with Crippen molar-refractivity contribution < 1.29 is 9.90 Å². The summed E-state index contributed by atoms with van der Waals surface area (Å²) in [6.07, 6.45) is 2.00. The first kappa shape index (κ1) is 17.3. The highest BCUT2D eigenvalue weighted by Gasteiger charge is 2.30. The van der Waals surface area contributed by atoms with Gasteiger partial charge in [0, 0.05) is 37.1 Å². The van der Waals surface area contributed by atoms with Crippen LogP contribution in [0.25, 0.3) is 0 Å². The first-order chi connectivity index (χ1) is 10.3. The predicted octanol–water partition coefficient (Wildman–Crippen LogP) is 2.33. The smallest absolute Gasteiger partial charge is 0.255 e. The number of piperazine rings is 1. The number of amides is 1. The zero-order valence-corrected chi connectivity index (χ0v) is 14.7. The van der Waals surface area contributed by atoms with Gasteiger partial charge >= 0.3 is 0 Å². The molecule has 0 aliphatic carbocycles. The fourth-order valence-corrected chi connectivity index (χ4v) is 3.59. The molecule has 1 aliphatic heterocycles. The Kier molecular flexibility index (Phi) is 5.53. The summed E-state index contributed by atoms with van der Waals surface area (Å²) in [5, 5.41) is 9.95. The summed E-state index contributed by atoms with van der Waals surface area (Å²) in [4.78, 5) is 18.0. The molecule has 1 atom stereocenters. The number of carbonyl (C=O) groups excluding carboxylic acids is 1. The number of aliphatic hydroxyl groups is 1. The van der Waals surface area contributed by atoms with E-state index in [1.807, 2.05) is 49.3 Å². The summed E-state index contributed by atoms with van der Waals surface area (Å²) < 4.78 is 0. The van der Waals surface area contributed by atoms with Gasteiger partial charge in [0.25, 0.3) is 5.91 Å². The molecule has 1 amide bonds. The lowest BCUT2D eigenvalue weighted by molar-refractivity contribution is 0.00568. The molecular formula is C17H26N2O2S. The Morgan fingerprint density at radius 2 is 2.05 bits per heavy atom. The van der Waals surface area contributed by atoms with Gasteiger partial charge in [-0.2, -0.15) is 0 Å². The summed E-state index contributed by atoms with van der Waals surface area (Å²) >= 11 is 1.61. The minimum absolute atomic E-state index is 0.111. The number of rotatable bonds is 4. The van der Waals surface area contributed by atoms with Crippen molar-refractivity contribution in [2.24, 2.45) is 0 Å². The van der Waals surface area contributed by atoms with Crippen LogP contribution in [0.15, 0.2) is 29.2 Å². The summed E-state index contributed by atoms with van der Waals surface area (Å²) in [5.74, 6) is 0.111. The first-order valence-corrected chi connectivity index (χ1v) is 8.93.